The van der Waals surface area contributed by atoms with Gasteiger partial charge in [-0.15, -0.1) is 0 Å². The molecule has 5 aromatic rings. The Morgan fingerprint density at radius 1 is 0.448 bits per heavy atom. The summed E-state index contributed by atoms with van der Waals surface area (Å²) in [4.78, 5) is 285. The number of unbranched alkanes of at least 4 members (excludes halogenated alkanes) is 1. The largest absolute Gasteiger partial charge is 0.481 e. The number of rotatable bonds is 60. The number of carbonyl (C=O) groups is 20. The molecule has 1 saturated heterocycles. The fourth-order valence-electron chi connectivity index (χ4n) is 15.8. The van der Waals surface area contributed by atoms with E-state index in [1.54, 1.807) is 139 Å². The van der Waals surface area contributed by atoms with E-state index in [1.807, 2.05) is 0 Å². The van der Waals surface area contributed by atoms with Crippen LogP contribution in [-0.4, -0.2) is 301 Å². The highest BCUT2D eigenvalue weighted by Gasteiger charge is 2.44. The molecule has 28 N–H and O–H groups in total. The summed E-state index contributed by atoms with van der Waals surface area (Å²) in [7, 11) is 0. The van der Waals surface area contributed by atoms with Crippen LogP contribution in [0, 0.1) is 23.7 Å². The van der Waals surface area contributed by atoms with Gasteiger partial charge in [0.05, 0.1) is 37.8 Å². The normalized spacial score (nSPS) is 16.2. The van der Waals surface area contributed by atoms with Crippen molar-refractivity contribution < 1.29 is 116 Å². The molecule has 0 saturated carbocycles. The van der Waals surface area contributed by atoms with Gasteiger partial charge in [-0.2, -0.15) is 11.8 Å². The van der Waals surface area contributed by atoms with Gasteiger partial charge < -0.3 is 138 Å². The maximum absolute atomic E-state index is 15.1. The summed E-state index contributed by atoms with van der Waals surface area (Å²) in [6.07, 6.45) is 0.538. The molecule has 3 heterocycles. The number of benzene rings is 3. The third kappa shape index (κ3) is 37.3. The van der Waals surface area contributed by atoms with Gasteiger partial charge >= 0.3 is 11.9 Å². The van der Waals surface area contributed by atoms with Gasteiger partial charge in [0.1, 0.15) is 90.6 Å². The number of aliphatic hydroxyl groups excluding tert-OH is 2. The fourth-order valence-corrected chi connectivity index (χ4v) is 16.3. The molecule has 0 unspecified atom stereocenters. The summed E-state index contributed by atoms with van der Waals surface area (Å²) >= 11 is 1.30. The van der Waals surface area contributed by atoms with Crippen LogP contribution in [0.25, 0.3) is 21.8 Å². The number of carbonyl (C=O) groups excluding carboxylic acids is 18. The first-order valence-electron chi connectivity index (χ1n) is 47.8. The van der Waals surface area contributed by atoms with Crippen LogP contribution in [0.2, 0.25) is 0 Å². The first-order chi connectivity index (χ1) is 67.6. The Morgan fingerprint density at radius 2 is 0.874 bits per heavy atom. The van der Waals surface area contributed by atoms with E-state index < -0.39 is 270 Å². The molecule has 0 spiro atoms. The minimum atomic E-state index is -2.00. The molecule has 0 radical (unpaired) electrons. The maximum Gasteiger partial charge on any atom is 0.326 e. The minimum absolute atomic E-state index is 0.0761. The van der Waals surface area contributed by atoms with Gasteiger partial charge in [0.2, 0.25) is 106 Å². The second-order valence-electron chi connectivity index (χ2n) is 37.0. The second-order valence-corrected chi connectivity index (χ2v) is 38.0. The van der Waals surface area contributed by atoms with E-state index in [-0.39, 0.29) is 89.5 Å². The van der Waals surface area contributed by atoms with Gasteiger partial charge in [-0.1, -0.05) is 129 Å². The molecule has 0 aliphatic carbocycles. The predicted octanol–water partition coefficient (Wildman–Crippen LogP) is -3.07. The maximum atomic E-state index is 15.1. The van der Waals surface area contributed by atoms with Crippen molar-refractivity contribution in [1.29, 1.82) is 0 Å². The molecule has 3 aromatic carbocycles. The van der Waals surface area contributed by atoms with Gasteiger partial charge in [0.15, 0.2) is 0 Å². The standard InChI is InChI=1S/C96H142N22O24S/c1-14-51(8)78(92(137)117-80(55(12)120)94(139)114-77(50(6)7)95(140)118-37-24-32-71(118)96(141)142)115-89(134)69(42-58-45-101-63-30-21-19-28-60(58)63)110-85(130)65(35-38-143-13)107-84(129)64(31-22-23-36-97)108-93(138)79(54(11)119)116-88(133)66(39-48(2)3)112-91(136)76(49(4)5)113-90(135)70(43-75(124)125)111-87(132)68(41-57-44-100-62-29-20-18-27-59(57)62)109-82(127)53(10)104-81(126)52(9)105-86(131)67(40-56-25-16-15-17-26-56)106-74(123)47-102-73(122)46-103-83(128)61(98)33-34-72(99)121/h15-21,25-30,44-45,48-55,61,64-71,76-80,100-101,119-120H,14,22-24,31-43,46-47,97-98H2,1-13H3,(H2,99,121)(H,102,122)(H,103,128)(H,104,126)(H,105,131)(H,106,123)(H,107,129)(H,108,138)(H,109,127)(H,110,130)(H,111,132)(H,112,136)(H,113,135)(H,114,139)(H,115,134)(H,116,133)(H,117,137)(H,124,125)(H,141,142)/t51-,52-,53-,54+,55+,61-,64-,65-,66-,67-,68-,69-,70-,71-,76-,77-,78-,79-,80-/m0/s1. The van der Waals surface area contributed by atoms with E-state index in [0.717, 1.165) is 6.92 Å². The number of primary amides is 1. The lowest BCUT2D eigenvalue weighted by Gasteiger charge is -2.32. The van der Waals surface area contributed by atoms with Crippen LogP contribution < -0.4 is 102 Å². The predicted molar refractivity (Wildman–Crippen MR) is 527 cm³/mol. The van der Waals surface area contributed by atoms with Crippen LogP contribution in [-0.2, 0) is 115 Å². The Labute approximate surface area is 832 Å². The summed E-state index contributed by atoms with van der Waals surface area (Å²) in [5.74, 6) is -22.0. The van der Waals surface area contributed by atoms with E-state index >= 15 is 9.59 Å². The van der Waals surface area contributed by atoms with Crippen molar-refractivity contribution in [2.45, 2.75) is 282 Å². The number of thioether (sulfide) groups is 1. The molecule has 1 aliphatic heterocycles. The zero-order valence-electron chi connectivity index (χ0n) is 82.8. The molecule has 1 fully saturated rings. The molecule has 19 atom stereocenters. The topological polar surface area (TPSA) is 728 Å². The van der Waals surface area contributed by atoms with Crippen LogP contribution >= 0.6 is 11.8 Å². The van der Waals surface area contributed by atoms with E-state index in [9.17, 15) is 107 Å². The number of hydrogen-bond donors (Lipinski definition) is 25. The Bertz CT molecular complexity index is 5250. The molecule has 143 heavy (non-hydrogen) atoms. The summed E-state index contributed by atoms with van der Waals surface area (Å²) in [5, 5.41) is 84.4. The first kappa shape index (κ1) is 118. The lowest BCUT2D eigenvalue weighted by atomic mass is 9.96. The number of aromatic nitrogens is 2. The van der Waals surface area contributed by atoms with Crippen molar-refractivity contribution >= 4 is 152 Å². The van der Waals surface area contributed by atoms with E-state index in [4.69, 9.17) is 17.2 Å². The molecule has 1 aliphatic rings. The number of aliphatic hydroxyl groups is 2. The van der Waals surface area contributed by atoms with Crippen molar-refractivity contribution in [3.8, 4) is 0 Å². The number of amides is 18. The van der Waals surface area contributed by atoms with E-state index in [0.29, 0.717) is 51.3 Å². The quantitative estimate of drug-likeness (QED) is 0.0172. The van der Waals surface area contributed by atoms with Crippen LogP contribution in [0.1, 0.15) is 170 Å². The molecular formula is C96H142N22O24S. The second kappa shape index (κ2) is 58.0. The molecule has 18 amide bonds. The average molecular weight is 2020 g/mol. The number of aromatic amines is 2. The SMILES string of the molecule is CC[C@H](C)[C@H](NC(=O)[C@H](Cc1c[nH]c2ccccc12)NC(=O)[C@H](CCSC)NC(=O)[C@H](CCCCN)NC(=O)[C@@H](NC(=O)[C@H](CC(C)C)NC(=O)[C@@H](NC(=O)[C@H](CC(=O)O)NC(=O)[C@H](Cc1c[nH]c2ccccc12)NC(=O)[C@H](C)NC(=O)[C@H](C)NC(=O)[C@H](Cc1ccccc1)NC(=O)CNC(=O)CNC(=O)[C@@H](N)CCC(N)=O)C(C)C)[C@@H](C)O)C(=O)N[C@H](C(=O)N[C@H](C(=O)N1CCC[C@H]1C(=O)O)C(C)C)[C@@H](C)O. The molecule has 2 aromatic heterocycles. The lowest BCUT2D eigenvalue weighted by molar-refractivity contribution is -0.150. The van der Waals surface area contributed by atoms with E-state index in [1.165, 1.54) is 51.3 Å². The number of nitrogens with two attached hydrogens (primary N) is 3. The van der Waals surface area contributed by atoms with Crippen LogP contribution in [0.4, 0.5) is 0 Å². The summed E-state index contributed by atoms with van der Waals surface area (Å²) in [6, 6.07) is -1.96. The highest BCUT2D eigenvalue weighted by atomic mass is 32.2. The number of H-pyrrole nitrogens is 2. The fraction of sp³-hybridized carbons (Fsp3) is 0.562. The highest BCUT2D eigenvalue weighted by Crippen LogP contribution is 2.25. The molecule has 0 bridgehead atoms. The van der Waals surface area contributed by atoms with Crippen molar-refractivity contribution in [3.05, 3.63) is 108 Å². The van der Waals surface area contributed by atoms with Gasteiger partial charge in [-0.05, 0) is 150 Å². The van der Waals surface area contributed by atoms with Gasteiger partial charge in [-0.25, -0.2) is 4.79 Å². The smallest absolute Gasteiger partial charge is 0.326 e. The summed E-state index contributed by atoms with van der Waals surface area (Å²) < 4.78 is 0. The number of para-hydroxylation sites is 2. The van der Waals surface area contributed by atoms with Gasteiger partial charge in [0, 0.05) is 66.4 Å². The third-order valence-corrected chi connectivity index (χ3v) is 24.8. The molecule has 786 valence electrons. The Hall–Kier alpha value is -13.7. The van der Waals surface area contributed by atoms with Crippen molar-refractivity contribution in [1.82, 2.24) is 99.9 Å². The number of fused-ring (bicyclic) bond motifs is 2. The van der Waals surface area contributed by atoms with E-state index in [2.05, 4.69) is 95.0 Å². The number of carboxylic acids is 2. The number of likely N-dealkylation sites (tertiary alicyclic amines) is 1. The van der Waals surface area contributed by atoms with Crippen molar-refractivity contribution in [2.75, 3.05) is 38.2 Å². The van der Waals surface area contributed by atoms with Gasteiger partial charge in [0.25, 0.3) is 0 Å². The number of aliphatic carboxylic acids is 2. The molecular weight excluding hydrogens is 1880 g/mol. The number of nitrogens with one attached hydrogen (secondary N) is 18. The summed E-state index contributed by atoms with van der Waals surface area (Å²) in [5.41, 5.74) is 19.6. The third-order valence-electron chi connectivity index (χ3n) is 24.2. The lowest BCUT2D eigenvalue weighted by Crippen LogP contribution is -2.63. The Balaban J connectivity index is 1.17. The zero-order valence-corrected chi connectivity index (χ0v) is 83.7. The Kier molecular flexibility index (Phi) is 47.9. The molecule has 6 rings (SSSR count). The average Bonchev–Trinajstić information content (AvgIpc) is 1.70. The van der Waals surface area contributed by atoms with Crippen LogP contribution in [0.5, 0.6) is 0 Å². The zero-order chi connectivity index (χ0) is 106. The molecule has 47 heteroatoms. The van der Waals surface area contributed by atoms with Crippen LogP contribution in [0.3, 0.4) is 0 Å². The number of hydrogen-bond acceptors (Lipinski definition) is 25. The first-order valence-corrected chi connectivity index (χ1v) is 49.2. The number of carboxylic acid groups (broad SMARTS) is 2. The van der Waals surface area contributed by atoms with Crippen molar-refractivity contribution in [2.24, 2.45) is 40.9 Å². The number of nitrogens with zero attached hydrogens (tertiary/aromatic N) is 1. The van der Waals surface area contributed by atoms with Crippen LogP contribution in [0.15, 0.2) is 91.3 Å². The minimum Gasteiger partial charge on any atom is -0.481 e. The van der Waals surface area contributed by atoms with Gasteiger partial charge in [-0.3, -0.25) is 91.1 Å². The Morgan fingerprint density at radius 3 is 1.41 bits per heavy atom. The summed E-state index contributed by atoms with van der Waals surface area (Å²) in [6.45, 7) is 16.9. The van der Waals surface area contributed by atoms with Crippen molar-refractivity contribution in [3.63, 3.8) is 0 Å². The monoisotopic (exact) mass is 2020 g/mol. The highest BCUT2D eigenvalue weighted by molar-refractivity contribution is 7.98. The molecule has 46 nitrogen and oxygen atoms in total.